The maximum atomic E-state index is 17.2. The molecule has 54 heavy (non-hydrogen) atoms. The number of carbonyl (C=O) groups excluding carboxylic acids is 1. The average Bonchev–Trinajstić information content (AvgIpc) is 3.76. The van der Waals surface area contributed by atoms with Crippen LogP contribution in [0.4, 0.5) is 19.0 Å². The zero-order chi connectivity index (χ0) is 37.9. The highest BCUT2D eigenvalue weighted by atomic mass is 19.1. The Balaban J connectivity index is 1.25. The molecule has 1 N–H and O–H groups in total. The third kappa shape index (κ3) is 6.16. The molecular formula is C39H43F3N8O4. The molecule has 8 rings (SSSR count). The molecule has 2 fully saturated rings. The summed E-state index contributed by atoms with van der Waals surface area (Å²) in [6, 6.07) is 7.52. The summed E-state index contributed by atoms with van der Waals surface area (Å²) in [5.41, 5.74) is 0.932. The van der Waals surface area contributed by atoms with Crippen LogP contribution in [0.2, 0.25) is 0 Å². The molecule has 3 aromatic heterocycles. The number of carbonyl (C=O) groups is 1. The van der Waals surface area contributed by atoms with Gasteiger partial charge in [0.1, 0.15) is 41.4 Å². The first kappa shape index (κ1) is 36.0. The number of phenolic OH excluding ortho intramolecular Hbond substituents is 1. The number of aromatic nitrogens is 5. The number of amides is 1. The Morgan fingerprint density at radius 1 is 1.15 bits per heavy atom. The van der Waals surface area contributed by atoms with Crippen LogP contribution in [0, 0.1) is 11.6 Å². The normalized spacial score (nSPS) is 21.4. The van der Waals surface area contributed by atoms with Crippen LogP contribution >= 0.6 is 0 Å². The molecule has 12 nitrogen and oxygen atoms in total. The number of alkyl halides is 1. The van der Waals surface area contributed by atoms with Crippen LogP contribution in [0.25, 0.3) is 32.9 Å². The monoisotopic (exact) mass is 744 g/mol. The van der Waals surface area contributed by atoms with Gasteiger partial charge >= 0.3 is 6.01 Å². The van der Waals surface area contributed by atoms with Gasteiger partial charge in [-0.2, -0.15) is 15.1 Å². The molecule has 1 amide bonds. The molecule has 0 radical (unpaired) electrons. The minimum absolute atomic E-state index is 0.0553. The number of rotatable bonds is 9. The van der Waals surface area contributed by atoms with E-state index >= 15 is 8.78 Å². The number of ether oxygens (including phenoxy) is 2. The molecule has 6 heterocycles. The van der Waals surface area contributed by atoms with E-state index in [-0.39, 0.29) is 53.6 Å². The first-order valence-electron chi connectivity index (χ1n) is 18.4. The van der Waals surface area contributed by atoms with Crippen molar-refractivity contribution in [2.24, 2.45) is 0 Å². The van der Waals surface area contributed by atoms with Crippen LogP contribution < -0.4 is 9.64 Å². The second-order valence-electron chi connectivity index (χ2n) is 14.8. The highest BCUT2D eigenvalue weighted by Crippen LogP contribution is 2.44. The number of anilines is 1. The third-order valence-electron chi connectivity index (χ3n) is 11.2. The summed E-state index contributed by atoms with van der Waals surface area (Å²) in [6.07, 6.45) is 3.28. The fraction of sp³-hybridized carbons (Fsp3) is 0.462. The van der Waals surface area contributed by atoms with Gasteiger partial charge < -0.3 is 24.4 Å². The number of hydrogen-bond acceptors (Lipinski definition) is 10. The van der Waals surface area contributed by atoms with Crippen molar-refractivity contribution in [2.45, 2.75) is 69.9 Å². The van der Waals surface area contributed by atoms with Crippen molar-refractivity contribution in [3.8, 4) is 23.0 Å². The van der Waals surface area contributed by atoms with Crippen molar-refractivity contribution in [3.63, 3.8) is 0 Å². The molecular weight excluding hydrogens is 701 g/mol. The molecule has 3 atom stereocenters. The molecule has 5 aromatic rings. The molecule has 2 saturated heterocycles. The summed E-state index contributed by atoms with van der Waals surface area (Å²) in [4.78, 5) is 32.4. The zero-order valence-corrected chi connectivity index (χ0v) is 30.8. The molecule has 284 valence electrons. The summed E-state index contributed by atoms with van der Waals surface area (Å²) in [5.74, 6) is -1.20. The predicted molar refractivity (Wildman–Crippen MR) is 196 cm³/mol. The molecule has 0 bridgehead atoms. The molecule has 0 aliphatic carbocycles. The average molecular weight is 745 g/mol. The number of benzene rings is 2. The maximum Gasteiger partial charge on any atom is 0.319 e. The van der Waals surface area contributed by atoms with E-state index < -0.39 is 23.3 Å². The van der Waals surface area contributed by atoms with Crippen molar-refractivity contribution in [1.29, 1.82) is 0 Å². The van der Waals surface area contributed by atoms with Crippen LogP contribution in [-0.2, 0) is 24.2 Å². The number of phenols is 1. The second kappa shape index (κ2) is 14.0. The number of aromatic hydroxyl groups is 1. The minimum atomic E-state index is -1.02. The fourth-order valence-electron chi connectivity index (χ4n) is 8.68. The Kier molecular flexibility index (Phi) is 9.33. The van der Waals surface area contributed by atoms with E-state index in [4.69, 9.17) is 14.5 Å². The molecule has 2 aromatic carbocycles. The number of fused-ring (bicyclic) bond motifs is 4. The van der Waals surface area contributed by atoms with E-state index in [0.717, 1.165) is 12.1 Å². The van der Waals surface area contributed by atoms with Gasteiger partial charge in [0.2, 0.25) is 0 Å². The maximum absolute atomic E-state index is 17.2. The third-order valence-corrected chi connectivity index (χ3v) is 11.2. The van der Waals surface area contributed by atoms with Gasteiger partial charge in [0.15, 0.2) is 11.5 Å². The Morgan fingerprint density at radius 2 is 1.98 bits per heavy atom. The van der Waals surface area contributed by atoms with Gasteiger partial charge in [-0.1, -0.05) is 13.0 Å². The number of pyridine rings is 1. The lowest BCUT2D eigenvalue weighted by Crippen LogP contribution is -2.47. The molecule has 2 unspecified atom stereocenters. The number of aryl methyl sites for hydroxylation is 2. The minimum Gasteiger partial charge on any atom is -0.508 e. The van der Waals surface area contributed by atoms with Crippen molar-refractivity contribution >= 4 is 33.4 Å². The van der Waals surface area contributed by atoms with Crippen molar-refractivity contribution < 1.29 is 32.5 Å². The molecule has 3 aliphatic heterocycles. The van der Waals surface area contributed by atoms with E-state index in [1.165, 1.54) is 29.3 Å². The van der Waals surface area contributed by atoms with E-state index in [1.807, 2.05) is 16.5 Å². The smallest absolute Gasteiger partial charge is 0.319 e. The molecule has 0 saturated carbocycles. The van der Waals surface area contributed by atoms with Crippen LogP contribution in [0.3, 0.4) is 0 Å². The lowest BCUT2D eigenvalue weighted by Gasteiger charge is -2.34. The number of hydrogen-bond donors (Lipinski definition) is 1. The van der Waals surface area contributed by atoms with Gasteiger partial charge in [0.25, 0.3) is 5.91 Å². The highest BCUT2D eigenvalue weighted by molar-refractivity contribution is 6.01. The summed E-state index contributed by atoms with van der Waals surface area (Å²) in [6.45, 7) is 4.05. The van der Waals surface area contributed by atoms with E-state index in [2.05, 4.69) is 20.0 Å². The second-order valence-corrected chi connectivity index (χ2v) is 14.8. The Bertz CT molecular complexity index is 2270. The highest BCUT2D eigenvalue weighted by Gasteiger charge is 2.53. The van der Waals surface area contributed by atoms with E-state index in [1.54, 1.807) is 33.3 Å². The number of methoxy groups -OCH3 is 1. The fourth-order valence-corrected chi connectivity index (χ4v) is 8.68. The Labute approximate surface area is 310 Å². The van der Waals surface area contributed by atoms with Gasteiger partial charge in [0.05, 0.1) is 29.8 Å². The van der Waals surface area contributed by atoms with Crippen molar-refractivity contribution in [2.75, 3.05) is 52.4 Å². The van der Waals surface area contributed by atoms with Gasteiger partial charge in [-0.05, 0) is 66.3 Å². The van der Waals surface area contributed by atoms with Crippen molar-refractivity contribution in [3.05, 3.63) is 65.1 Å². The summed E-state index contributed by atoms with van der Waals surface area (Å²) in [7, 11) is 4.98. The first-order valence-corrected chi connectivity index (χ1v) is 18.4. The largest absolute Gasteiger partial charge is 0.508 e. The summed E-state index contributed by atoms with van der Waals surface area (Å²) >= 11 is 0. The Hall–Kier alpha value is -5.02. The summed E-state index contributed by atoms with van der Waals surface area (Å²) < 4.78 is 60.9. The molecule has 15 heteroatoms. The van der Waals surface area contributed by atoms with Crippen LogP contribution in [0.5, 0.6) is 11.8 Å². The van der Waals surface area contributed by atoms with Crippen LogP contribution in [-0.4, -0.2) is 111 Å². The topological polar surface area (TPSA) is 122 Å². The van der Waals surface area contributed by atoms with Gasteiger partial charge in [-0.3, -0.25) is 19.4 Å². The predicted octanol–water partition coefficient (Wildman–Crippen LogP) is 5.67. The lowest BCUT2D eigenvalue weighted by atomic mass is 9.94. The van der Waals surface area contributed by atoms with Gasteiger partial charge in [0, 0.05) is 65.1 Å². The van der Waals surface area contributed by atoms with E-state index in [9.17, 15) is 14.3 Å². The van der Waals surface area contributed by atoms with Gasteiger partial charge in [-0.15, -0.1) is 0 Å². The SMILES string of the molecule is CCc1c(F)ccc2cc(O)cc(-c3ncc4c(N5CCCn6nc(C(=O)N(C)C)cc6C5)nc(OCC56CCC(COC)N5C[C@H](F)C6)nc4c3F)c12. The lowest BCUT2D eigenvalue weighted by molar-refractivity contribution is 0.0518. The van der Waals surface area contributed by atoms with Gasteiger partial charge in [-0.25, -0.2) is 13.2 Å². The van der Waals surface area contributed by atoms with E-state index in [0.29, 0.717) is 85.2 Å². The van der Waals surface area contributed by atoms with Crippen LogP contribution in [0.15, 0.2) is 36.5 Å². The molecule has 3 aliphatic rings. The number of halogens is 3. The van der Waals surface area contributed by atoms with Crippen molar-refractivity contribution in [1.82, 2.24) is 34.5 Å². The summed E-state index contributed by atoms with van der Waals surface area (Å²) in [5, 5.41) is 16.6. The standard InChI is InChI=1S/C39H43F3N8O4/c1-5-27-30(41)8-7-22-13-26(51)15-28(32(22)27)34-33(42)35-29(17-43-34)36(48-11-6-12-50-25(19-48)14-31(46-50)37(52)47(2)3)45-38(44-35)54-21-39-10-9-24(20-53-4)49(39)18-23(40)16-39/h7-8,13-15,17,23-24,51H,5-6,9-12,16,18-21H2,1-4H3/t23-,24?,39?/m1/s1. The van der Waals surface area contributed by atoms with Crippen LogP contribution in [0.1, 0.15) is 54.4 Å². The zero-order valence-electron chi connectivity index (χ0n) is 30.8. The quantitative estimate of drug-likeness (QED) is 0.202. The molecule has 0 spiro atoms. The Morgan fingerprint density at radius 3 is 2.76 bits per heavy atom. The number of nitrogens with zero attached hydrogens (tertiary/aromatic N) is 8. The first-order chi connectivity index (χ1) is 26.0.